The van der Waals surface area contributed by atoms with Crippen LogP contribution in [0, 0.1) is 0 Å². The number of ether oxygens (including phenoxy) is 1. The van der Waals surface area contributed by atoms with Crippen LogP contribution in [0.2, 0.25) is 0 Å². The number of anilines is 1. The van der Waals surface area contributed by atoms with Gasteiger partial charge in [-0.2, -0.15) is 0 Å². The Morgan fingerprint density at radius 3 is 2.55 bits per heavy atom. The van der Waals surface area contributed by atoms with Gasteiger partial charge in [0.15, 0.2) is 0 Å². The number of hydrogen-bond donors (Lipinski definition) is 2. The number of benzene rings is 1. The largest absolute Gasteiger partial charge is 0.481 e. The third-order valence-electron chi connectivity index (χ3n) is 2.49. The van der Waals surface area contributed by atoms with E-state index in [4.69, 9.17) is 9.84 Å². The lowest BCUT2D eigenvalue weighted by Crippen LogP contribution is -2.15. The predicted octanol–water partition coefficient (Wildman–Crippen LogP) is 2.06. The van der Waals surface area contributed by atoms with E-state index >= 15 is 0 Å². The molecule has 1 rings (SSSR count). The Balaban J connectivity index is 2.65. The summed E-state index contributed by atoms with van der Waals surface area (Å²) in [5, 5.41) is 11.1. The first-order valence-electron chi connectivity index (χ1n) is 6.32. The molecule has 0 aliphatic carbocycles. The minimum Gasteiger partial charge on any atom is -0.481 e. The Labute approximate surface area is 116 Å². The van der Waals surface area contributed by atoms with E-state index in [-0.39, 0.29) is 37.3 Å². The molecule has 1 aromatic carbocycles. The maximum Gasteiger partial charge on any atom is 0.340 e. The van der Waals surface area contributed by atoms with Crippen molar-refractivity contribution in [1.82, 2.24) is 0 Å². The maximum absolute atomic E-state index is 11.7. The summed E-state index contributed by atoms with van der Waals surface area (Å²) >= 11 is 0. The zero-order valence-electron chi connectivity index (χ0n) is 11.2. The third kappa shape index (κ3) is 5.09. The van der Waals surface area contributed by atoms with Crippen molar-refractivity contribution in [3.8, 4) is 0 Å². The van der Waals surface area contributed by atoms with Gasteiger partial charge in [-0.15, -0.1) is 0 Å². The molecule has 0 unspecified atom stereocenters. The predicted molar refractivity (Wildman–Crippen MR) is 72.5 cm³/mol. The van der Waals surface area contributed by atoms with Crippen LogP contribution in [-0.4, -0.2) is 29.6 Å². The number of nitrogens with one attached hydrogen (secondary N) is 1. The van der Waals surface area contributed by atoms with Crippen molar-refractivity contribution in [2.45, 2.75) is 26.2 Å². The Morgan fingerprint density at radius 1 is 1.20 bits per heavy atom. The van der Waals surface area contributed by atoms with E-state index in [2.05, 4.69) is 5.32 Å². The fourth-order valence-corrected chi connectivity index (χ4v) is 1.59. The second-order valence-electron chi connectivity index (χ2n) is 4.06. The number of amides is 1. The number of aliphatic carboxylic acids is 1. The van der Waals surface area contributed by atoms with Crippen molar-refractivity contribution < 1.29 is 24.2 Å². The van der Waals surface area contributed by atoms with Crippen LogP contribution in [0.1, 0.15) is 36.5 Å². The second-order valence-corrected chi connectivity index (χ2v) is 4.06. The topological polar surface area (TPSA) is 92.7 Å². The van der Waals surface area contributed by atoms with E-state index < -0.39 is 11.9 Å². The standard InChI is InChI=1S/C14H17NO5/c1-2-20-14(19)10-6-3-4-7-11(10)15-12(16)8-5-9-13(17)18/h3-4,6-7H,2,5,8-9H2,1H3,(H,15,16)(H,17,18). The number of carboxylic acids is 1. The highest BCUT2D eigenvalue weighted by Gasteiger charge is 2.13. The third-order valence-corrected chi connectivity index (χ3v) is 2.49. The van der Waals surface area contributed by atoms with Crippen molar-refractivity contribution >= 4 is 23.5 Å². The number of rotatable bonds is 7. The highest BCUT2D eigenvalue weighted by molar-refractivity contribution is 6.01. The fourth-order valence-electron chi connectivity index (χ4n) is 1.59. The van der Waals surface area contributed by atoms with Gasteiger partial charge < -0.3 is 15.2 Å². The lowest BCUT2D eigenvalue weighted by Gasteiger charge is -2.10. The summed E-state index contributed by atoms with van der Waals surface area (Å²) in [5.41, 5.74) is 0.646. The summed E-state index contributed by atoms with van der Waals surface area (Å²) < 4.78 is 4.89. The van der Waals surface area contributed by atoms with Gasteiger partial charge in [-0.25, -0.2) is 4.79 Å². The number of carbonyl (C=O) groups excluding carboxylic acids is 2. The molecule has 0 aromatic heterocycles. The second kappa shape index (κ2) is 7.93. The molecule has 1 amide bonds. The van der Waals surface area contributed by atoms with Gasteiger partial charge in [0, 0.05) is 12.8 Å². The van der Waals surface area contributed by atoms with Crippen LogP contribution >= 0.6 is 0 Å². The summed E-state index contributed by atoms with van der Waals surface area (Å²) in [6, 6.07) is 6.52. The molecular weight excluding hydrogens is 262 g/mol. The van der Waals surface area contributed by atoms with Crippen molar-refractivity contribution in [3.05, 3.63) is 29.8 Å². The lowest BCUT2D eigenvalue weighted by atomic mass is 10.1. The molecule has 0 radical (unpaired) electrons. The van der Waals surface area contributed by atoms with E-state index in [1.807, 2.05) is 0 Å². The first-order chi connectivity index (χ1) is 9.54. The summed E-state index contributed by atoms with van der Waals surface area (Å²) in [6.45, 7) is 1.95. The molecule has 2 N–H and O–H groups in total. The van der Waals surface area contributed by atoms with Crippen molar-refractivity contribution in [2.75, 3.05) is 11.9 Å². The molecule has 20 heavy (non-hydrogen) atoms. The molecule has 0 saturated carbocycles. The monoisotopic (exact) mass is 279 g/mol. The number of hydrogen-bond acceptors (Lipinski definition) is 4. The molecule has 0 saturated heterocycles. The van der Waals surface area contributed by atoms with E-state index in [1.54, 1.807) is 31.2 Å². The highest BCUT2D eigenvalue weighted by atomic mass is 16.5. The van der Waals surface area contributed by atoms with Gasteiger partial charge in [0.05, 0.1) is 17.9 Å². The van der Waals surface area contributed by atoms with Crippen LogP contribution in [0.5, 0.6) is 0 Å². The molecule has 0 aliphatic rings. The first kappa shape index (κ1) is 15.7. The van der Waals surface area contributed by atoms with Crippen LogP contribution in [0.15, 0.2) is 24.3 Å². The SMILES string of the molecule is CCOC(=O)c1ccccc1NC(=O)CCCC(=O)O. The van der Waals surface area contributed by atoms with Gasteiger partial charge in [-0.05, 0) is 25.5 Å². The van der Waals surface area contributed by atoms with Crippen LogP contribution in [0.3, 0.4) is 0 Å². The number of para-hydroxylation sites is 1. The van der Waals surface area contributed by atoms with Crippen LogP contribution in [0.4, 0.5) is 5.69 Å². The Bertz CT molecular complexity index is 498. The van der Waals surface area contributed by atoms with Gasteiger partial charge in [-0.3, -0.25) is 9.59 Å². The Morgan fingerprint density at radius 2 is 1.90 bits per heavy atom. The van der Waals surface area contributed by atoms with E-state index in [0.29, 0.717) is 5.69 Å². The molecular formula is C14H17NO5. The summed E-state index contributed by atoms with van der Waals surface area (Å²) in [5.74, 6) is -1.78. The average molecular weight is 279 g/mol. The van der Waals surface area contributed by atoms with Gasteiger partial charge in [0.1, 0.15) is 0 Å². The molecule has 6 heteroatoms. The van der Waals surface area contributed by atoms with Crippen molar-refractivity contribution in [2.24, 2.45) is 0 Å². The molecule has 108 valence electrons. The molecule has 0 fully saturated rings. The van der Waals surface area contributed by atoms with E-state index in [1.165, 1.54) is 0 Å². The number of carbonyl (C=O) groups is 3. The molecule has 0 heterocycles. The fraction of sp³-hybridized carbons (Fsp3) is 0.357. The maximum atomic E-state index is 11.7. The zero-order chi connectivity index (χ0) is 15.0. The highest BCUT2D eigenvalue weighted by Crippen LogP contribution is 2.16. The Hall–Kier alpha value is -2.37. The lowest BCUT2D eigenvalue weighted by molar-refractivity contribution is -0.137. The average Bonchev–Trinajstić information content (AvgIpc) is 2.39. The van der Waals surface area contributed by atoms with Gasteiger partial charge in [0.25, 0.3) is 0 Å². The van der Waals surface area contributed by atoms with Crippen LogP contribution < -0.4 is 5.32 Å². The molecule has 6 nitrogen and oxygen atoms in total. The first-order valence-corrected chi connectivity index (χ1v) is 6.32. The van der Waals surface area contributed by atoms with E-state index in [9.17, 15) is 14.4 Å². The molecule has 0 atom stereocenters. The molecule has 0 aliphatic heterocycles. The Kier molecular flexibility index (Phi) is 6.22. The van der Waals surface area contributed by atoms with Gasteiger partial charge in [0.2, 0.25) is 5.91 Å². The quantitative estimate of drug-likeness (QED) is 0.745. The van der Waals surface area contributed by atoms with E-state index in [0.717, 1.165) is 0 Å². The van der Waals surface area contributed by atoms with Gasteiger partial charge >= 0.3 is 11.9 Å². The molecule has 1 aromatic rings. The summed E-state index contributed by atoms with van der Waals surface area (Å²) in [4.78, 5) is 33.7. The summed E-state index contributed by atoms with van der Waals surface area (Å²) in [7, 11) is 0. The minimum absolute atomic E-state index is 0.0626. The normalized spacial score (nSPS) is 9.85. The van der Waals surface area contributed by atoms with Crippen molar-refractivity contribution in [3.63, 3.8) is 0 Å². The number of esters is 1. The van der Waals surface area contributed by atoms with Crippen LogP contribution in [0.25, 0.3) is 0 Å². The van der Waals surface area contributed by atoms with Crippen LogP contribution in [-0.2, 0) is 14.3 Å². The zero-order valence-corrected chi connectivity index (χ0v) is 11.2. The van der Waals surface area contributed by atoms with Gasteiger partial charge in [-0.1, -0.05) is 12.1 Å². The summed E-state index contributed by atoms with van der Waals surface area (Å²) in [6.07, 6.45) is 0.277. The smallest absolute Gasteiger partial charge is 0.340 e. The molecule has 0 spiro atoms. The number of carboxylic acid groups (broad SMARTS) is 1. The van der Waals surface area contributed by atoms with Crippen molar-refractivity contribution in [1.29, 1.82) is 0 Å². The molecule has 0 bridgehead atoms. The minimum atomic E-state index is -0.940.